The second kappa shape index (κ2) is 12.1. The van der Waals surface area contributed by atoms with Crippen molar-refractivity contribution in [1.29, 1.82) is 0 Å². The second-order valence-electron chi connectivity index (χ2n) is 7.42. The van der Waals surface area contributed by atoms with Crippen LogP contribution in [0.1, 0.15) is 24.8 Å². The Morgan fingerprint density at radius 1 is 1.09 bits per heavy atom. The molecule has 0 saturated carbocycles. The van der Waals surface area contributed by atoms with E-state index in [1.54, 1.807) is 6.20 Å². The molecule has 0 aliphatic rings. The number of carbonyl (C=O) groups is 4. The van der Waals surface area contributed by atoms with E-state index >= 15 is 0 Å². The maximum Gasteiger partial charge on any atom is 0.326 e. The summed E-state index contributed by atoms with van der Waals surface area (Å²) < 4.78 is 0. The summed E-state index contributed by atoms with van der Waals surface area (Å²) in [4.78, 5) is 51.2. The number of aromatic nitrogens is 1. The van der Waals surface area contributed by atoms with Crippen molar-refractivity contribution in [2.24, 2.45) is 11.5 Å². The van der Waals surface area contributed by atoms with Gasteiger partial charge in [0.25, 0.3) is 0 Å². The highest BCUT2D eigenvalue weighted by Crippen LogP contribution is 2.19. The normalized spacial score (nSPS) is 13.8. The van der Waals surface area contributed by atoms with Gasteiger partial charge in [-0.05, 0) is 36.5 Å². The number of carboxylic acid groups (broad SMARTS) is 1. The molecule has 0 spiro atoms. The van der Waals surface area contributed by atoms with E-state index in [0.717, 1.165) is 16.5 Å². The molecule has 11 heteroatoms. The van der Waals surface area contributed by atoms with E-state index < -0.39 is 41.8 Å². The van der Waals surface area contributed by atoms with Crippen molar-refractivity contribution >= 4 is 46.4 Å². The Balaban J connectivity index is 2.20. The van der Waals surface area contributed by atoms with Crippen molar-refractivity contribution in [3.63, 3.8) is 0 Å². The molecular weight excluding hydrogens is 434 g/mol. The summed E-state index contributed by atoms with van der Waals surface area (Å²) in [5.74, 6) is -2.43. The first-order chi connectivity index (χ1) is 15.2. The summed E-state index contributed by atoms with van der Waals surface area (Å²) in [5.41, 5.74) is 12.6. The molecule has 0 aliphatic carbocycles. The van der Waals surface area contributed by atoms with Gasteiger partial charge in [-0.15, -0.1) is 0 Å². The fourth-order valence-corrected chi connectivity index (χ4v) is 3.67. The van der Waals surface area contributed by atoms with E-state index in [4.69, 9.17) is 11.5 Å². The summed E-state index contributed by atoms with van der Waals surface area (Å²) in [7, 11) is 0. The van der Waals surface area contributed by atoms with Crippen molar-refractivity contribution in [2.75, 3.05) is 12.0 Å². The fraction of sp³-hybridized carbons (Fsp3) is 0.429. The Kier molecular flexibility index (Phi) is 9.54. The second-order valence-corrected chi connectivity index (χ2v) is 8.40. The average molecular weight is 464 g/mol. The van der Waals surface area contributed by atoms with Crippen LogP contribution < -0.4 is 22.1 Å². The lowest BCUT2D eigenvalue weighted by Gasteiger charge is -2.23. The predicted molar refractivity (Wildman–Crippen MR) is 123 cm³/mol. The number of nitrogens with one attached hydrogen (secondary N) is 3. The molecule has 8 N–H and O–H groups in total. The molecule has 1 aromatic carbocycles. The average Bonchev–Trinajstić information content (AvgIpc) is 3.16. The third-order valence-electron chi connectivity index (χ3n) is 5.00. The molecule has 0 bridgehead atoms. The molecular formula is C21H29N5O5S. The molecule has 0 fully saturated rings. The first-order valence-corrected chi connectivity index (χ1v) is 11.5. The molecule has 3 unspecified atom stereocenters. The summed E-state index contributed by atoms with van der Waals surface area (Å²) in [6.07, 6.45) is 3.92. The largest absolute Gasteiger partial charge is 0.480 e. The van der Waals surface area contributed by atoms with Crippen LogP contribution in [0.15, 0.2) is 30.5 Å². The van der Waals surface area contributed by atoms with Gasteiger partial charge in [0.15, 0.2) is 0 Å². The number of carbonyl (C=O) groups excluding carboxylic acids is 3. The predicted octanol–water partition coefficient (Wildman–Crippen LogP) is 0.111. The fourth-order valence-electron chi connectivity index (χ4n) is 3.20. The molecule has 3 atom stereocenters. The number of aliphatic carboxylic acids is 1. The van der Waals surface area contributed by atoms with Crippen LogP contribution in [-0.4, -0.2) is 63.9 Å². The molecule has 0 saturated heterocycles. The zero-order chi connectivity index (χ0) is 23.7. The van der Waals surface area contributed by atoms with Crippen LogP contribution in [0.25, 0.3) is 10.9 Å². The highest BCUT2D eigenvalue weighted by molar-refractivity contribution is 7.98. The number of rotatable bonds is 13. The van der Waals surface area contributed by atoms with E-state index in [9.17, 15) is 24.3 Å². The number of benzene rings is 1. The Hall–Kier alpha value is -3.05. The number of aromatic amines is 1. The van der Waals surface area contributed by atoms with Crippen LogP contribution in [0.4, 0.5) is 0 Å². The van der Waals surface area contributed by atoms with E-state index in [0.29, 0.717) is 5.75 Å². The maximum absolute atomic E-state index is 13.0. The van der Waals surface area contributed by atoms with E-state index in [2.05, 4.69) is 15.6 Å². The number of thioether (sulfide) groups is 1. The minimum atomic E-state index is -1.15. The number of hydrogen-bond donors (Lipinski definition) is 6. The summed E-state index contributed by atoms with van der Waals surface area (Å²) >= 11 is 1.47. The van der Waals surface area contributed by atoms with Gasteiger partial charge >= 0.3 is 5.97 Å². The summed E-state index contributed by atoms with van der Waals surface area (Å²) in [5, 5.41) is 15.4. The van der Waals surface area contributed by atoms with Gasteiger partial charge in [-0.3, -0.25) is 14.4 Å². The smallest absolute Gasteiger partial charge is 0.326 e. The van der Waals surface area contributed by atoms with Gasteiger partial charge in [0.2, 0.25) is 17.7 Å². The first kappa shape index (κ1) is 25.2. The van der Waals surface area contributed by atoms with Crippen molar-refractivity contribution < 1.29 is 24.3 Å². The minimum Gasteiger partial charge on any atom is -0.480 e. The summed E-state index contributed by atoms with van der Waals surface area (Å²) in [6.45, 7) is 0. The van der Waals surface area contributed by atoms with Gasteiger partial charge in [-0.25, -0.2) is 4.79 Å². The lowest BCUT2D eigenvalue weighted by Crippen LogP contribution is -2.55. The van der Waals surface area contributed by atoms with Gasteiger partial charge in [-0.1, -0.05) is 18.2 Å². The third kappa shape index (κ3) is 7.27. The number of carboxylic acids is 1. The quantitative estimate of drug-likeness (QED) is 0.244. The molecule has 10 nitrogen and oxygen atoms in total. The number of amides is 3. The van der Waals surface area contributed by atoms with Crippen molar-refractivity contribution in [3.8, 4) is 0 Å². The maximum atomic E-state index is 13.0. The molecule has 2 rings (SSSR count). The SMILES string of the molecule is CSCCC(NC(=O)C(Cc1c[nH]c2ccccc12)NC(=O)C(N)CCC(N)=O)C(=O)O. The molecule has 0 radical (unpaired) electrons. The lowest BCUT2D eigenvalue weighted by atomic mass is 10.0. The molecule has 3 amide bonds. The van der Waals surface area contributed by atoms with Gasteiger partial charge in [-0.2, -0.15) is 11.8 Å². The number of fused-ring (bicyclic) bond motifs is 1. The zero-order valence-corrected chi connectivity index (χ0v) is 18.6. The lowest BCUT2D eigenvalue weighted by molar-refractivity contribution is -0.142. The number of para-hydroxylation sites is 1. The number of primary amides is 1. The molecule has 0 aliphatic heterocycles. The van der Waals surface area contributed by atoms with Crippen LogP contribution >= 0.6 is 11.8 Å². The van der Waals surface area contributed by atoms with Crippen molar-refractivity contribution in [1.82, 2.24) is 15.6 Å². The highest BCUT2D eigenvalue weighted by atomic mass is 32.2. The number of hydrogen-bond acceptors (Lipinski definition) is 6. The summed E-state index contributed by atoms with van der Waals surface area (Å²) in [6, 6.07) is 4.32. The van der Waals surface area contributed by atoms with Crippen LogP contribution in [0.3, 0.4) is 0 Å². The van der Waals surface area contributed by atoms with E-state index in [1.165, 1.54) is 11.8 Å². The minimum absolute atomic E-state index is 0.0358. The van der Waals surface area contributed by atoms with Gasteiger partial charge < -0.3 is 32.2 Å². The molecule has 1 aromatic heterocycles. The molecule has 2 aromatic rings. The van der Waals surface area contributed by atoms with Gasteiger partial charge in [0.05, 0.1) is 6.04 Å². The molecule has 174 valence electrons. The van der Waals surface area contributed by atoms with Gasteiger partial charge in [0, 0.05) is 29.9 Å². The Morgan fingerprint density at radius 3 is 2.44 bits per heavy atom. The van der Waals surface area contributed by atoms with Gasteiger partial charge in [0.1, 0.15) is 12.1 Å². The Bertz CT molecular complexity index is 963. The van der Waals surface area contributed by atoms with Crippen LogP contribution in [-0.2, 0) is 25.6 Å². The molecule has 32 heavy (non-hydrogen) atoms. The van der Waals surface area contributed by atoms with Crippen LogP contribution in [0, 0.1) is 0 Å². The first-order valence-electron chi connectivity index (χ1n) is 10.1. The monoisotopic (exact) mass is 463 g/mol. The topological polar surface area (TPSA) is 180 Å². The van der Waals surface area contributed by atoms with Crippen LogP contribution in [0.5, 0.6) is 0 Å². The zero-order valence-electron chi connectivity index (χ0n) is 17.8. The number of nitrogens with two attached hydrogens (primary N) is 2. The molecule has 1 heterocycles. The number of H-pyrrole nitrogens is 1. The standard InChI is InChI=1S/C21H29N5O5S/c1-32-9-8-16(21(30)31)25-20(29)17(26-19(28)14(22)6-7-18(23)27)10-12-11-24-15-5-3-2-4-13(12)15/h2-5,11,14,16-17,24H,6-10,22H2,1H3,(H2,23,27)(H,25,29)(H,26,28)(H,30,31). The Morgan fingerprint density at radius 2 is 1.78 bits per heavy atom. The van der Waals surface area contributed by atoms with Crippen LogP contribution in [0.2, 0.25) is 0 Å². The van der Waals surface area contributed by atoms with Crippen molar-refractivity contribution in [3.05, 3.63) is 36.0 Å². The van der Waals surface area contributed by atoms with E-state index in [-0.39, 0.29) is 25.7 Å². The Labute approximate surface area is 189 Å². The van der Waals surface area contributed by atoms with E-state index in [1.807, 2.05) is 30.5 Å². The van der Waals surface area contributed by atoms with Crippen molar-refractivity contribution in [2.45, 2.75) is 43.8 Å². The third-order valence-corrected chi connectivity index (χ3v) is 5.64. The highest BCUT2D eigenvalue weighted by Gasteiger charge is 2.28.